The summed E-state index contributed by atoms with van der Waals surface area (Å²) >= 11 is 0. The maximum atomic E-state index is 13.8. The largest absolute Gasteiger partial charge is 0.481 e. The first-order chi connectivity index (χ1) is 22.9. The van der Waals surface area contributed by atoms with Gasteiger partial charge in [0, 0.05) is 30.1 Å². The predicted octanol–water partition coefficient (Wildman–Crippen LogP) is 11.4. The molecule has 6 saturated carbocycles. The van der Waals surface area contributed by atoms with E-state index >= 15 is 0 Å². The number of ether oxygens (including phenoxy) is 2. The second-order valence-electron chi connectivity index (χ2n) is 18.8. The number of Topliss-reactive ketones (excluding diaryl/α,β-unsaturated/α-hetero) is 2. The number of aliphatic carboxylic acids is 1. The predicted molar refractivity (Wildman–Crippen MR) is 215 cm³/mol. The highest BCUT2D eigenvalue weighted by atomic mass is 16.7. The Balaban J connectivity index is 0.00000194. The number of rotatable bonds is 14. The van der Waals surface area contributed by atoms with Crippen LogP contribution < -0.4 is 0 Å². The minimum absolute atomic E-state index is 0. The second kappa shape index (κ2) is 18.5. The third kappa shape index (κ3) is 9.12. The molecule has 14 atom stereocenters. The van der Waals surface area contributed by atoms with Crippen molar-refractivity contribution < 1.29 is 33.8 Å². The van der Waals surface area contributed by atoms with Crippen LogP contribution in [0.15, 0.2) is 0 Å². The Labute approximate surface area is 325 Å². The smallest absolute Gasteiger partial charge is 0.311 e. The Morgan fingerprint density at radius 1 is 0.660 bits per heavy atom. The Kier molecular flexibility index (Phi) is 16.5. The molecule has 0 aromatic rings. The highest BCUT2D eigenvalue weighted by molar-refractivity contribution is 5.85. The average Bonchev–Trinajstić information content (AvgIpc) is 3.89. The van der Waals surface area contributed by atoms with Gasteiger partial charge in [0.2, 0.25) is 6.29 Å². The number of esters is 1. The van der Waals surface area contributed by atoms with Crippen LogP contribution >= 0.6 is 0 Å². The Morgan fingerprint density at radius 2 is 1.19 bits per heavy atom. The third-order valence-corrected chi connectivity index (χ3v) is 15.9. The molecule has 1 N–H and O–H groups in total. The zero-order chi connectivity index (χ0) is 34.0. The van der Waals surface area contributed by atoms with E-state index in [0.29, 0.717) is 90.2 Å². The van der Waals surface area contributed by atoms with Crippen LogP contribution in [0.3, 0.4) is 0 Å². The highest BCUT2D eigenvalue weighted by Gasteiger charge is 2.59. The van der Waals surface area contributed by atoms with Gasteiger partial charge in [-0.2, -0.15) is 0 Å². The van der Waals surface area contributed by atoms with Crippen molar-refractivity contribution in [2.24, 2.45) is 81.8 Å². The third-order valence-electron chi connectivity index (χ3n) is 15.9. The van der Waals surface area contributed by atoms with Crippen LogP contribution in [-0.4, -0.2) is 41.5 Å². The summed E-state index contributed by atoms with van der Waals surface area (Å²) in [6, 6.07) is 0. The minimum atomic E-state index is -0.632. The van der Waals surface area contributed by atoms with Crippen LogP contribution in [0.25, 0.3) is 0 Å². The zero-order valence-corrected chi connectivity index (χ0v) is 30.1. The number of carbonyl (C=O) groups is 4. The number of ketones is 2. The number of fused-ring (bicyclic) bond motifs is 10. The minimum Gasteiger partial charge on any atom is -0.481 e. The van der Waals surface area contributed by atoms with E-state index in [0.717, 1.165) is 83.5 Å². The molecule has 7 rings (SSSR count). The van der Waals surface area contributed by atoms with Gasteiger partial charge in [0.1, 0.15) is 11.6 Å². The maximum absolute atomic E-state index is 13.8. The number of hydrogen-bond acceptors (Lipinski definition) is 6. The summed E-state index contributed by atoms with van der Waals surface area (Å²) in [5, 5.41) is 9.59. The lowest BCUT2D eigenvalue weighted by Gasteiger charge is -2.35. The maximum Gasteiger partial charge on any atom is 0.311 e. The summed E-state index contributed by atoms with van der Waals surface area (Å²) in [6.07, 6.45) is 15.4. The molecule has 0 spiro atoms. The van der Waals surface area contributed by atoms with Gasteiger partial charge in [0.25, 0.3) is 0 Å². The number of carboxylic acid groups (broad SMARTS) is 1. The molecule has 0 aromatic heterocycles. The molecule has 1 heterocycles. The van der Waals surface area contributed by atoms with E-state index in [4.69, 9.17) is 9.47 Å². The molecular weight excluding hydrogens is 664 g/mol. The molecule has 0 aromatic carbocycles. The molecule has 0 radical (unpaired) electrons. The standard InChI is InChI=1S/C41H62O7.5CH4/c1-5-41(4,36(43)22-26-14-23-15-30(26)33-18-27(38(44)45)17-31(23)33)11-8-10-40(2,3)35(42)21-25-13-24-16-29(25)34-20-28(19-32(24)34)39(46)48-37-9-6-7-12-47-37;;;;;/h23-34,37H,5-22H2,1-4H3,(H,44,45);5*1H4. The molecule has 7 nitrogen and oxygen atoms in total. The SMILES string of the molecule is C.C.C.C.C.CCC(C)(CCCC(C)(C)C(=O)CC1CC2CC1C1CC(C(=O)OC3CCCCO3)CC21)C(=O)CC1CC2CC1C1CC(C(=O)O)CC21. The summed E-state index contributed by atoms with van der Waals surface area (Å²) < 4.78 is 11.4. The first-order valence-electron chi connectivity index (χ1n) is 20.0. The van der Waals surface area contributed by atoms with Crippen LogP contribution in [0.2, 0.25) is 0 Å². The summed E-state index contributed by atoms with van der Waals surface area (Å²) in [6.45, 7) is 9.20. The van der Waals surface area contributed by atoms with Gasteiger partial charge in [-0.05, 0) is 143 Å². The summed E-state index contributed by atoms with van der Waals surface area (Å²) in [5.74, 6) is 5.35. The summed E-state index contributed by atoms with van der Waals surface area (Å²) in [5.41, 5.74) is -0.758. The average molecular weight is 747 g/mol. The molecule has 14 unspecified atom stereocenters. The van der Waals surface area contributed by atoms with Gasteiger partial charge >= 0.3 is 11.9 Å². The summed E-state index contributed by atoms with van der Waals surface area (Å²) in [7, 11) is 0. The Bertz CT molecular complexity index is 1250. The molecule has 0 amide bonds. The van der Waals surface area contributed by atoms with Crippen molar-refractivity contribution in [2.75, 3.05) is 6.61 Å². The molecular formula is C46H82O7. The van der Waals surface area contributed by atoms with Crippen LogP contribution in [0.1, 0.15) is 174 Å². The topological polar surface area (TPSA) is 107 Å². The van der Waals surface area contributed by atoms with Crippen molar-refractivity contribution in [3.05, 3.63) is 0 Å². The van der Waals surface area contributed by atoms with Crippen molar-refractivity contribution in [1.82, 2.24) is 0 Å². The monoisotopic (exact) mass is 747 g/mol. The quantitative estimate of drug-likeness (QED) is 0.176. The van der Waals surface area contributed by atoms with Gasteiger partial charge in [-0.15, -0.1) is 0 Å². The Hall–Kier alpha value is -1.76. The second-order valence-corrected chi connectivity index (χ2v) is 18.8. The number of carbonyl (C=O) groups excluding carboxylic acids is 3. The molecule has 4 bridgehead atoms. The van der Waals surface area contributed by atoms with Crippen molar-refractivity contribution in [1.29, 1.82) is 0 Å². The van der Waals surface area contributed by atoms with Gasteiger partial charge in [0.05, 0.1) is 18.4 Å². The first-order valence-corrected chi connectivity index (χ1v) is 20.0. The molecule has 7 fully saturated rings. The fourth-order valence-corrected chi connectivity index (χ4v) is 12.9. The lowest BCUT2D eigenvalue weighted by molar-refractivity contribution is -0.191. The molecule has 53 heavy (non-hydrogen) atoms. The van der Waals surface area contributed by atoms with E-state index < -0.39 is 11.4 Å². The van der Waals surface area contributed by atoms with Crippen LogP contribution in [0.5, 0.6) is 0 Å². The van der Waals surface area contributed by atoms with Crippen molar-refractivity contribution in [3.8, 4) is 0 Å². The van der Waals surface area contributed by atoms with E-state index in [2.05, 4.69) is 27.7 Å². The van der Waals surface area contributed by atoms with Crippen LogP contribution in [-0.2, 0) is 28.7 Å². The first kappa shape index (κ1) is 47.4. The van der Waals surface area contributed by atoms with Crippen LogP contribution in [0.4, 0.5) is 0 Å². The number of carboxylic acids is 1. The highest BCUT2D eigenvalue weighted by Crippen LogP contribution is 2.64. The lowest BCUT2D eigenvalue weighted by Crippen LogP contribution is -2.34. The van der Waals surface area contributed by atoms with E-state index in [1.807, 2.05) is 0 Å². The Morgan fingerprint density at radius 3 is 1.72 bits per heavy atom. The van der Waals surface area contributed by atoms with E-state index in [-0.39, 0.29) is 66.6 Å². The van der Waals surface area contributed by atoms with E-state index in [1.54, 1.807) is 0 Å². The van der Waals surface area contributed by atoms with E-state index in [9.17, 15) is 24.3 Å². The van der Waals surface area contributed by atoms with Gasteiger partial charge in [-0.1, -0.05) is 71.2 Å². The molecule has 7 heteroatoms. The van der Waals surface area contributed by atoms with Crippen molar-refractivity contribution >= 4 is 23.5 Å². The van der Waals surface area contributed by atoms with Gasteiger partial charge < -0.3 is 14.6 Å². The van der Waals surface area contributed by atoms with Crippen LogP contribution in [0, 0.1) is 81.8 Å². The summed E-state index contributed by atoms with van der Waals surface area (Å²) in [4.78, 5) is 52.3. The fraction of sp³-hybridized carbons (Fsp3) is 0.913. The molecule has 6 aliphatic carbocycles. The van der Waals surface area contributed by atoms with E-state index in [1.165, 1.54) is 12.8 Å². The van der Waals surface area contributed by atoms with Crippen molar-refractivity contribution in [3.63, 3.8) is 0 Å². The molecule has 1 saturated heterocycles. The fourth-order valence-electron chi connectivity index (χ4n) is 12.9. The van der Waals surface area contributed by atoms with Gasteiger partial charge in [-0.3, -0.25) is 19.2 Å². The van der Waals surface area contributed by atoms with Gasteiger partial charge in [0.15, 0.2) is 0 Å². The zero-order valence-electron chi connectivity index (χ0n) is 30.1. The van der Waals surface area contributed by atoms with Crippen molar-refractivity contribution in [2.45, 2.75) is 180 Å². The molecule has 7 aliphatic rings. The lowest BCUT2D eigenvalue weighted by atomic mass is 9.68. The van der Waals surface area contributed by atoms with Gasteiger partial charge in [-0.25, -0.2) is 0 Å². The molecule has 308 valence electrons. The normalized spacial score (nSPS) is 38.4. The molecule has 1 aliphatic heterocycles. The number of hydrogen-bond donors (Lipinski definition) is 1.